The number of hydrogen-bond donors (Lipinski definition) is 1. The van der Waals surface area contributed by atoms with Gasteiger partial charge in [0.1, 0.15) is 0 Å². The summed E-state index contributed by atoms with van der Waals surface area (Å²) in [7, 11) is 0. The summed E-state index contributed by atoms with van der Waals surface area (Å²) in [5, 5.41) is 8.52. The van der Waals surface area contributed by atoms with Gasteiger partial charge in [-0.05, 0) is 31.1 Å². The van der Waals surface area contributed by atoms with Crippen LogP contribution in [-0.2, 0) is 4.79 Å². The lowest BCUT2D eigenvalue weighted by Crippen LogP contribution is -1.95. The third kappa shape index (κ3) is 3.20. The SMILES string of the molecule is C=C(C)C(=O)C=C(C)CO. The molecule has 0 amide bonds. The van der Waals surface area contributed by atoms with Gasteiger partial charge in [0.2, 0.25) is 0 Å². The van der Waals surface area contributed by atoms with Crippen LogP contribution in [0.5, 0.6) is 0 Å². The number of hydrogen-bond acceptors (Lipinski definition) is 2. The van der Waals surface area contributed by atoms with Gasteiger partial charge < -0.3 is 5.11 Å². The maximum atomic E-state index is 10.8. The largest absolute Gasteiger partial charge is 0.392 e. The summed E-state index contributed by atoms with van der Waals surface area (Å²) < 4.78 is 0. The zero-order chi connectivity index (χ0) is 8.15. The lowest BCUT2D eigenvalue weighted by Gasteiger charge is -1.93. The molecule has 0 heterocycles. The Hall–Kier alpha value is -0.890. The van der Waals surface area contributed by atoms with Crippen LogP contribution in [0.4, 0.5) is 0 Å². The molecule has 0 rings (SSSR count). The molecule has 0 aliphatic carbocycles. The molecule has 0 aromatic rings. The van der Waals surface area contributed by atoms with Crippen molar-refractivity contribution in [3.63, 3.8) is 0 Å². The monoisotopic (exact) mass is 140 g/mol. The van der Waals surface area contributed by atoms with Crippen LogP contribution in [0.25, 0.3) is 0 Å². The van der Waals surface area contributed by atoms with E-state index in [1.807, 2.05) is 0 Å². The minimum Gasteiger partial charge on any atom is -0.392 e. The normalized spacial score (nSPS) is 11.3. The molecule has 0 aromatic heterocycles. The molecule has 0 aromatic carbocycles. The predicted octanol–water partition coefficient (Wildman–Crippen LogP) is 1.07. The van der Waals surface area contributed by atoms with Gasteiger partial charge >= 0.3 is 0 Å². The first-order chi connectivity index (χ1) is 4.57. The minimum absolute atomic E-state index is 0.0704. The molecule has 2 heteroatoms. The maximum Gasteiger partial charge on any atom is 0.180 e. The predicted molar refractivity (Wildman–Crippen MR) is 40.7 cm³/mol. The Kier molecular flexibility index (Phi) is 3.65. The molecule has 0 bridgehead atoms. The van der Waals surface area contributed by atoms with Crippen LogP contribution >= 0.6 is 0 Å². The van der Waals surface area contributed by atoms with E-state index < -0.39 is 0 Å². The Morgan fingerprint density at radius 2 is 2.10 bits per heavy atom. The Morgan fingerprint density at radius 3 is 2.40 bits per heavy atom. The lowest BCUT2D eigenvalue weighted by molar-refractivity contribution is -0.111. The molecule has 0 fully saturated rings. The van der Waals surface area contributed by atoms with Crippen molar-refractivity contribution < 1.29 is 9.90 Å². The van der Waals surface area contributed by atoms with E-state index in [9.17, 15) is 4.79 Å². The number of carbonyl (C=O) groups is 1. The number of rotatable bonds is 3. The molecule has 0 radical (unpaired) electrons. The van der Waals surface area contributed by atoms with E-state index in [1.54, 1.807) is 13.8 Å². The second-order valence-electron chi connectivity index (χ2n) is 2.29. The first-order valence-corrected chi connectivity index (χ1v) is 3.05. The van der Waals surface area contributed by atoms with Crippen LogP contribution in [0.1, 0.15) is 13.8 Å². The molecular formula is C8H12O2. The first-order valence-electron chi connectivity index (χ1n) is 3.05. The van der Waals surface area contributed by atoms with Crippen molar-refractivity contribution in [3.05, 3.63) is 23.8 Å². The van der Waals surface area contributed by atoms with Gasteiger partial charge in [-0.2, -0.15) is 0 Å². The lowest BCUT2D eigenvalue weighted by atomic mass is 10.1. The van der Waals surface area contributed by atoms with Crippen LogP contribution in [0.3, 0.4) is 0 Å². The average Bonchev–Trinajstić information content (AvgIpc) is 1.87. The fourth-order valence-electron chi connectivity index (χ4n) is 0.393. The zero-order valence-electron chi connectivity index (χ0n) is 6.35. The second-order valence-corrected chi connectivity index (χ2v) is 2.29. The van der Waals surface area contributed by atoms with Crippen molar-refractivity contribution in [1.82, 2.24) is 0 Å². The zero-order valence-corrected chi connectivity index (χ0v) is 6.35. The molecule has 0 saturated carbocycles. The standard InChI is InChI=1S/C8H12O2/c1-6(2)8(10)4-7(3)5-9/h4,9H,1,5H2,2-3H3. The Labute approximate surface area is 60.9 Å². The highest BCUT2D eigenvalue weighted by Gasteiger charge is 1.96. The van der Waals surface area contributed by atoms with Gasteiger partial charge in [-0.25, -0.2) is 0 Å². The van der Waals surface area contributed by atoms with Gasteiger partial charge in [0, 0.05) is 0 Å². The van der Waals surface area contributed by atoms with E-state index >= 15 is 0 Å². The summed E-state index contributed by atoms with van der Waals surface area (Å²) in [6, 6.07) is 0. The molecule has 0 spiro atoms. The molecule has 10 heavy (non-hydrogen) atoms. The minimum atomic E-state index is -0.119. The maximum absolute atomic E-state index is 10.8. The molecule has 0 aliphatic heterocycles. The van der Waals surface area contributed by atoms with Crippen molar-refractivity contribution in [2.75, 3.05) is 6.61 Å². The summed E-state index contributed by atoms with van der Waals surface area (Å²) in [6.45, 7) is 6.73. The fourth-order valence-corrected chi connectivity index (χ4v) is 0.393. The number of allylic oxidation sites excluding steroid dienone is 2. The van der Waals surface area contributed by atoms with Crippen molar-refractivity contribution in [2.24, 2.45) is 0 Å². The van der Waals surface area contributed by atoms with Crippen LogP contribution in [0.15, 0.2) is 23.8 Å². The third-order valence-electron chi connectivity index (χ3n) is 1.05. The van der Waals surface area contributed by atoms with Crippen LogP contribution in [-0.4, -0.2) is 17.5 Å². The number of carbonyl (C=O) groups excluding carboxylic acids is 1. The molecular weight excluding hydrogens is 128 g/mol. The fraction of sp³-hybridized carbons (Fsp3) is 0.375. The van der Waals surface area contributed by atoms with E-state index in [4.69, 9.17) is 5.11 Å². The number of aliphatic hydroxyl groups is 1. The topological polar surface area (TPSA) is 37.3 Å². The van der Waals surface area contributed by atoms with Crippen molar-refractivity contribution in [1.29, 1.82) is 0 Å². The molecule has 56 valence electrons. The Morgan fingerprint density at radius 1 is 1.60 bits per heavy atom. The van der Waals surface area contributed by atoms with Crippen molar-refractivity contribution >= 4 is 5.78 Å². The highest BCUT2D eigenvalue weighted by molar-refractivity contribution is 6.03. The van der Waals surface area contributed by atoms with Crippen molar-refractivity contribution in [3.8, 4) is 0 Å². The molecule has 0 aliphatic rings. The highest BCUT2D eigenvalue weighted by atomic mass is 16.3. The number of ketones is 1. The summed E-state index contributed by atoms with van der Waals surface area (Å²) in [5.41, 5.74) is 1.15. The van der Waals surface area contributed by atoms with Crippen LogP contribution < -0.4 is 0 Å². The summed E-state index contributed by atoms with van der Waals surface area (Å²) in [6.07, 6.45) is 1.39. The van der Waals surface area contributed by atoms with Crippen molar-refractivity contribution in [2.45, 2.75) is 13.8 Å². The van der Waals surface area contributed by atoms with Gasteiger partial charge in [-0.1, -0.05) is 6.58 Å². The Balaban J connectivity index is 4.13. The van der Waals surface area contributed by atoms with Gasteiger partial charge in [0.05, 0.1) is 6.61 Å². The number of aliphatic hydroxyl groups excluding tert-OH is 1. The van der Waals surface area contributed by atoms with Gasteiger partial charge in [0.25, 0.3) is 0 Å². The molecule has 0 unspecified atom stereocenters. The van der Waals surface area contributed by atoms with E-state index in [0.717, 1.165) is 0 Å². The van der Waals surface area contributed by atoms with Gasteiger partial charge in [-0.15, -0.1) is 0 Å². The third-order valence-corrected chi connectivity index (χ3v) is 1.05. The van der Waals surface area contributed by atoms with Crippen LogP contribution in [0.2, 0.25) is 0 Å². The van der Waals surface area contributed by atoms with E-state index in [2.05, 4.69) is 6.58 Å². The summed E-state index contributed by atoms with van der Waals surface area (Å²) >= 11 is 0. The second kappa shape index (κ2) is 4.01. The Bertz CT molecular complexity index is 178. The molecule has 1 N–H and O–H groups in total. The smallest absolute Gasteiger partial charge is 0.180 e. The van der Waals surface area contributed by atoms with E-state index in [1.165, 1.54) is 6.08 Å². The average molecular weight is 140 g/mol. The van der Waals surface area contributed by atoms with E-state index in [0.29, 0.717) is 11.1 Å². The molecule has 0 saturated heterocycles. The van der Waals surface area contributed by atoms with Crippen LogP contribution in [0, 0.1) is 0 Å². The first kappa shape index (κ1) is 9.11. The highest BCUT2D eigenvalue weighted by Crippen LogP contribution is 1.96. The summed E-state index contributed by atoms with van der Waals surface area (Å²) in [4.78, 5) is 10.8. The summed E-state index contributed by atoms with van der Waals surface area (Å²) in [5.74, 6) is -0.119. The quantitative estimate of drug-likeness (QED) is 0.595. The molecule has 2 nitrogen and oxygen atoms in total. The van der Waals surface area contributed by atoms with Gasteiger partial charge in [0.15, 0.2) is 5.78 Å². The van der Waals surface area contributed by atoms with Gasteiger partial charge in [-0.3, -0.25) is 4.79 Å². The molecule has 0 atom stereocenters. The van der Waals surface area contributed by atoms with E-state index in [-0.39, 0.29) is 12.4 Å².